The molecule has 1 aliphatic heterocycles. The zero-order valence-electron chi connectivity index (χ0n) is 17.4. The molecule has 9 heteroatoms. The van der Waals surface area contributed by atoms with E-state index in [-0.39, 0.29) is 19.1 Å². The van der Waals surface area contributed by atoms with Crippen molar-refractivity contribution in [2.45, 2.75) is 62.8 Å². The Bertz CT molecular complexity index is 880. The highest BCUT2D eigenvalue weighted by atomic mass is 19.4. The number of methoxy groups -OCH3 is 1. The number of ether oxygens (including phenoxy) is 1. The monoisotopic (exact) mass is 442 g/mol. The van der Waals surface area contributed by atoms with E-state index in [0.29, 0.717) is 43.2 Å². The van der Waals surface area contributed by atoms with Crippen LogP contribution in [0.25, 0.3) is 0 Å². The highest BCUT2D eigenvalue weighted by Crippen LogP contribution is 2.60. The van der Waals surface area contributed by atoms with Gasteiger partial charge in [-0.15, -0.1) is 0 Å². The van der Waals surface area contributed by atoms with E-state index in [2.05, 4.69) is 5.32 Å². The normalized spacial score (nSPS) is 30.4. The van der Waals surface area contributed by atoms with E-state index in [1.165, 1.54) is 0 Å². The molecule has 3 aliphatic rings. The minimum absolute atomic E-state index is 0.0582. The van der Waals surface area contributed by atoms with E-state index in [0.717, 1.165) is 10.5 Å². The molecule has 0 aromatic heterocycles. The fraction of sp³-hybridized carbons (Fsp3) is 0.636. The van der Waals surface area contributed by atoms with Crippen molar-refractivity contribution in [1.82, 2.24) is 10.2 Å². The van der Waals surface area contributed by atoms with Gasteiger partial charge < -0.3 is 10.1 Å². The van der Waals surface area contributed by atoms with Crippen molar-refractivity contribution in [3.8, 4) is 0 Å². The van der Waals surface area contributed by atoms with Gasteiger partial charge in [0.15, 0.2) is 5.54 Å². The summed E-state index contributed by atoms with van der Waals surface area (Å²) in [6.45, 7) is -1.20. The summed E-state index contributed by atoms with van der Waals surface area (Å²) in [5.74, 6) is -0.502. The van der Waals surface area contributed by atoms with Gasteiger partial charge in [0.05, 0.1) is 12.6 Å². The Morgan fingerprint density at radius 3 is 2.55 bits per heavy atom. The van der Waals surface area contributed by atoms with Gasteiger partial charge >= 0.3 is 12.2 Å². The van der Waals surface area contributed by atoms with Gasteiger partial charge in [-0.1, -0.05) is 18.2 Å². The number of alkyl halides is 4. The number of hydrogen-bond acceptors (Lipinski definition) is 3. The maximum absolute atomic E-state index is 13.6. The smallest absolute Gasteiger partial charge is 0.381 e. The van der Waals surface area contributed by atoms with E-state index in [1.54, 1.807) is 25.3 Å². The van der Waals surface area contributed by atoms with E-state index in [9.17, 15) is 27.2 Å². The maximum atomic E-state index is 13.6. The van der Waals surface area contributed by atoms with Crippen molar-refractivity contribution in [3.05, 3.63) is 34.9 Å². The number of nitrogens with zero attached hydrogens (tertiary/aromatic N) is 1. The lowest BCUT2D eigenvalue weighted by Crippen LogP contribution is -2.56. The summed E-state index contributed by atoms with van der Waals surface area (Å²) in [7, 11) is 1.64. The van der Waals surface area contributed by atoms with E-state index in [1.807, 2.05) is 0 Å². The van der Waals surface area contributed by atoms with Crippen LogP contribution >= 0.6 is 0 Å². The predicted octanol–water partition coefficient (Wildman–Crippen LogP) is 4.03. The number of imide groups is 1. The second-order valence-corrected chi connectivity index (χ2v) is 8.82. The second-order valence-electron chi connectivity index (χ2n) is 8.82. The van der Waals surface area contributed by atoms with Gasteiger partial charge in [-0.3, -0.25) is 9.69 Å². The molecule has 2 aliphatic carbocycles. The number of fused-ring (bicyclic) bond motifs is 3. The fourth-order valence-corrected chi connectivity index (χ4v) is 5.69. The highest BCUT2D eigenvalue weighted by molar-refractivity contribution is 6.08. The first-order valence-corrected chi connectivity index (χ1v) is 10.6. The molecule has 0 radical (unpaired) electrons. The maximum Gasteiger partial charge on any atom is 0.389 e. The van der Waals surface area contributed by atoms with Crippen molar-refractivity contribution in [3.63, 3.8) is 0 Å². The number of carbonyl (C=O) groups is 2. The van der Waals surface area contributed by atoms with Crippen LogP contribution in [0.4, 0.5) is 22.4 Å². The number of amides is 3. The third-order valence-corrected chi connectivity index (χ3v) is 7.24. The molecule has 1 heterocycles. The largest absolute Gasteiger partial charge is 0.389 e. The SMILES string of the molecule is COC1CCC2(CC1)Cc1ccc(CCC(F)(F)F)cc1C21NC(=O)N(CCF)C1=O. The van der Waals surface area contributed by atoms with Crippen LogP contribution in [0, 0.1) is 5.41 Å². The number of urea groups is 1. The molecule has 0 bridgehead atoms. The molecule has 1 aromatic rings. The van der Waals surface area contributed by atoms with Crippen LogP contribution in [0.5, 0.6) is 0 Å². The quantitative estimate of drug-likeness (QED) is 0.553. The molecule has 1 saturated carbocycles. The lowest BCUT2D eigenvalue weighted by Gasteiger charge is -2.46. The van der Waals surface area contributed by atoms with Gasteiger partial charge in [-0.2, -0.15) is 13.2 Å². The van der Waals surface area contributed by atoms with Crippen LogP contribution in [0.3, 0.4) is 0 Å². The van der Waals surface area contributed by atoms with Gasteiger partial charge in [-0.05, 0) is 55.2 Å². The molecule has 31 heavy (non-hydrogen) atoms. The first-order valence-electron chi connectivity index (χ1n) is 10.6. The number of hydrogen-bond donors (Lipinski definition) is 1. The third kappa shape index (κ3) is 3.50. The number of nitrogens with one attached hydrogen (secondary N) is 1. The summed E-state index contributed by atoms with van der Waals surface area (Å²) >= 11 is 0. The first kappa shape index (κ1) is 22.0. The van der Waals surface area contributed by atoms with Crippen LogP contribution < -0.4 is 5.32 Å². The highest BCUT2D eigenvalue weighted by Gasteiger charge is 2.68. The average Bonchev–Trinajstić information content (AvgIpc) is 3.14. The summed E-state index contributed by atoms with van der Waals surface area (Å²) in [4.78, 5) is 27.2. The Balaban J connectivity index is 1.77. The number of aryl methyl sites for hydroxylation is 1. The molecule has 170 valence electrons. The van der Waals surface area contributed by atoms with Crippen LogP contribution in [-0.2, 0) is 27.9 Å². The summed E-state index contributed by atoms with van der Waals surface area (Å²) in [5.41, 5.74) is -0.110. The minimum atomic E-state index is -4.29. The Morgan fingerprint density at radius 1 is 1.23 bits per heavy atom. The fourth-order valence-electron chi connectivity index (χ4n) is 5.69. The molecule has 2 fully saturated rings. The Labute approximate surface area is 178 Å². The molecular weight excluding hydrogens is 416 g/mol. The number of carbonyl (C=O) groups excluding carboxylic acids is 2. The topological polar surface area (TPSA) is 58.6 Å². The zero-order chi connectivity index (χ0) is 22.4. The number of halogens is 4. The molecule has 1 saturated heterocycles. The lowest BCUT2D eigenvalue weighted by molar-refractivity contribution is -0.139. The van der Waals surface area contributed by atoms with Gasteiger partial charge in [-0.25, -0.2) is 9.18 Å². The van der Waals surface area contributed by atoms with Crippen molar-refractivity contribution >= 4 is 11.9 Å². The van der Waals surface area contributed by atoms with E-state index in [4.69, 9.17) is 4.74 Å². The van der Waals surface area contributed by atoms with Crippen molar-refractivity contribution in [1.29, 1.82) is 0 Å². The van der Waals surface area contributed by atoms with E-state index >= 15 is 0 Å². The van der Waals surface area contributed by atoms with Crippen LogP contribution in [0.2, 0.25) is 0 Å². The van der Waals surface area contributed by atoms with Gasteiger partial charge in [0.25, 0.3) is 5.91 Å². The second kappa shape index (κ2) is 7.76. The molecule has 3 amide bonds. The van der Waals surface area contributed by atoms with Gasteiger partial charge in [0.1, 0.15) is 6.67 Å². The third-order valence-electron chi connectivity index (χ3n) is 7.24. The molecule has 1 unspecified atom stereocenters. The predicted molar refractivity (Wildman–Crippen MR) is 104 cm³/mol. The molecule has 4 rings (SSSR count). The first-order chi connectivity index (χ1) is 14.7. The van der Waals surface area contributed by atoms with Crippen molar-refractivity contribution < 1.29 is 31.9 Å². The number of benzene rings is 1. The van der Waals surface area contributed by atoms with Crippen LogP contribution in [0.1, 0.15) is 48.8 Å². The Kier molecular flexibility index (Phi) is 5.52. The molecule has 5 nitrogen and oxygen atoms in total. The molecule has 1 N–H and O–H groups in total. The van der Waals surface area contributed by atoms with Crippen molar-refractivity contribution in [2.75, 3.05) is 20.3 Å². The number of rotatable bonds is 5. The lowest BCUT2D eigenvalue weighted by atomic mass is 9.61. The van der Waals surface area contributed by atoms with E-state index < -0.39 is 42.2 Å². The molecular formula is C22H26F4N2O3. The van der Waals surface area contributed by atoms with Crippen LogP contribution in [-0.4, -0.2) is 49.4 Å². The summed E-state index contributed by atoms with van der Waals surface area (Å²) < 4.78 is 56.8. The standard InChI is InChI=1S/C22H26F4N2O3/c1-31-16-5-7-20(8-6-16)13-15-3-2-14(4-9-21(24,25)26)12-17(15)22(20)18(29)28(11-10-23)19(30)27-22/h2-3,12,16H,4-11,13H2,1H3,(H,27,30). The minimum Gasteiger partial charge on any atom is -0.381 e. The Hall–Kier alpha value is -2.16. The zero-order valence-corrected chi connectivity index (χ0v) is 17.4. The average molecular weight is 442 g/mol. The molecule has 1 aromatic carbocycles. The summed E-state index contributed by atoms with van der Waals surface area (Å²) in [5, 5.41) is 2.87. The molecule has 2 spiro atoms. The van der Waals surface area contributed by atoms with Crippen LogP contribution in [0.15, 0.2) is 18.2 Å². The Morgan fingerprint density at radius 2 is 1.94 bits per heavy atom. The summed E-state index contributed by atoms with van der Waals surface area (Å²) in [6.07, 6.45) is -2.21. The van der Waals surface area contributed by atoms with Crippen molar-refractivity contribution in [2.24, 2.45) is 5.41 Å². The van der Waals surface area contributed by atoms with Gasteiger partial charge in [0, 0.05) is 18.9 Å². The molecule has 1 atom stereocenters. The summed E-state index contributed by atoms with van der Waals surface area (Å²) in [6, 6.07) is 4.43. The van der Waals surface area contributed by atoms with Gasteiger partial charge in [0.2, 0.25) is 0 Å².